The summed E-state index contributed by atoms with van der Waals surface area (Å²) in [6.07, 6.45) is -1.05. The van der Waals surface area contributed by atoms with Crippen LogP contribution in [0.3, 0.4) is 0 Å². The van der Waals surface area contributed by atoms with Crippen LogP contribution in [0.15, 0.2) is 49.1 Å². The third-order valence-electron chi connectivity index (χ3n) is 6.53. The molecule has 1 aliphatic heterocycles. The predicted octanol–water partition coefficient (Wildman–Crippen LogP) is 0.547. The van der Waals surface area contributed by atoms with E-state index in [0.29, 0.717) is 29.2 Å². The number of nitrogens with two attached hydrogens (primary N) is 3. The molecular weight excluding hydrogens is 450 g/mol. The zero-order valence-corrected chi connectivity index (χ0v) is 18.6. The fraction of sp³-hybridized carbons (Fsp3) is 0.261. The molecule has 0 bridgehead atoms. The Labute approximate surface area is 198 Å². The van der Waals surface area contributed by atoms with Crippen LogP contribution in [0, 0.1) is 0 Å². The minimum Gasteiger partial charge on any atom is -0.399 e. The van der Waals surface area contributed by atoms with Crippen LogP contribution in [0.1, 0.15) is 6.23 Å². The molecule has 35 heavy (non-hydrogen) atoms. The summed E-state index contributed by atoms with van der Waals surface area (Å²) >= 11 is 0. The molecule has 4 atom stereocenters. The molecule has 3 aromatic heterocycles. The predicted molar refractivity (Wildman–Crippen MR) is 132 cm³/mol. The van der Waals surface area contributed by atoms with E-state index in [1.165, 1.54) is 12.7 Å². The van der Waals surface area contributed by atoms with Crippen molar-refractivity contribution in [1.29, 1.82) is 0 Å². The molecule has 0 spiro atoms. The summed E-state index contributed by atoms with van der Waals surface area (Å²) in [5, 5.41) is 26.8. The van der Waals surface area contributed by atoms with Crippen LogP contribution < -0.4 is 22.5 Å². The lowest BCUT2D eigenvalue weighted by Gasteiger charge is -2.17. The van der Waals surface area contributed by atoms with E-state index < -0.39 is 24.5 Å². The van der Waals surface area contributed by atoms with Crippen molar-refractivity contribution in [3.8, 4) is 0 Å². The Balaban J connectivity index is 1.24. The Bertz CT molecular complexity index is 1500. The highest BCUT2D eigenvalue weighted by molar-refractivity contribution is 6.09. The average Bonchev–Trinajstić information content (AvgIpc) is 3.48. The Hall–Kier alpha value is -3.97. The highest BCUT2D eigenvalue weighted by Crippen LogP contribution is 2.33. The number of aliphatic hydroxyl groups is 2. The van der Waals surface area contributed by atoms with Crippen molar-refractivity contribution in [2.75, 3.05) is 23.7 Å². The molecule has 0 radical (unpaired) electrons. The highest BCUT2D eigenvalue weighted by atomic mass is 16.6. The summed E-state index contributed by atoms with van der Waals surface area (Å²) in [7, 11) is 0. The number of rotatable bonds is 5. The van der Waals surface area contributed by atoms with E-state index in [1.54, 1.807) is 4.57 Å². The fourth-order valence-electron chi connectivity index (χ4n) is 4.80. The van der Waals surface area contributed by atoms with Crippen molar-refractivity contribution in [2.24, 2.45) is 0 Å². The van der Waals surface area contributed by atoms with Crippen LogP contribution >= 0.6 is 0 Å². The van der Waals surface area contributed by atoms with Gasteiger partial charge in [-0.15, -0.1) is 0 Å². The van der Waals surface area contributed by atoms with Crippen molar-refractivity contribution >= 4 is 50.2 Å². The third-order valence-corrected chi connectivity index (χ3v) is 6.53. The lowest BCUT2D eigenvalue weighted by Crippen LogP contribution is -2.38. The smallest absolute Gasteiger partial charge is 0.167 e. The van der Waals surface area contributed by atoms with Crippen molar-refractivity contribution in [3.05, 3.63) is 49.1 Å². The molecule has 4 unspecified atom stereocenters. The minimum atomic E-state index is -1.18. The lowest BCUT2D eigenvalue weighted by molar-refractivity contribution is -0.0345. The quantitative estimate of drug-likeness (QED) is 0.196. The van der Waals surface area contributed by atoms with E-state index in [-0.39, 0.29) is 12.4 Å². The summed E-state index contributed by atoms with van der Waals surface area (Å²) in [5.74, 6) is 0.229. The zero-order valence-electron chi connectivity index (χ0n) is 18.6. The van der Waals surface area contributed by atoms with Crippen molar-refractivity contribution in [1.82, 2.24) is 29.4 Å². The van der Waals surface area contributed by atoms with E-state index in [9.17, 15) is 10.2 Å². The molecule has 12 heteroatoms. The Morgan fingerprint density at radius 3 is 2.29 bits per heavy atom. The second-order valence-electron chi connectivity index (χ2n) is 8.72. The summed E-state index contributed by atoms with van der Waals surface area (Å²) in [5.41, 5.74) is 22.0. The molecular formula is C23H25N9O3. The van der Waals surface area contributed by atoms with Crippen LogP contribution in [0.5, 0.6) is 0 Å². The second kappa shape index (κ2) is 8.06. The highest BCUT2D eigenvalue weighted by Gasteiger charge is 2.44. The van der Waals surface area contributed by atoms with Gasteiger partial charge in [0.25, 0.3) is 0 Å². The number of nitrogens with zero attached hydrogens (tertiary/aromatic N) is 5. The van der Waals surface area contributed by atoms with Crippen molar-refractivity contribution in [2.45, 2.75) is 31.2 Å². The number of fused-ring (bicyclic) bond motifs is 4. The number of benzene rings is 2. The van der Waals surface area contributed by atoms with Crippen molar-refractivity contribution in [3.63, 3.8) is 0 Å². The van der Waals surface area contributed by atoms with E-state index in [1.807, 2.05) is 36.4 Å². The number of imidazole rings is 1. The molecule has 9 N–H and O–H groups in total. The number of aromatic nitrogens is 5. The second-order valence-corrected chi connectivity index (χ2v) is 8.72. The van der Waals surface area contributed by atoms with Gasteiger partial charge in [0.2, 0.25) is 0 Å². The number of ether oxygens (including phenoxy) is 1. The van der Waals surface area contributed by atoms with Crippen LogP contribution in [-0.4, -0.2) is 59.2 Å². The average molecular weight is 476 g/mol. The van der Waals surface area contributed by atoms with Gasteiger partial charge in [-0.25, -0.2) is 15.0 Å². The standard InChI is InChI=1S/C23H25N9O3/c24-11-1-3-13-14-4-2-12(25)6-16(14)31(15(13)5-11)9-27-7-17-19(33)20(34)23(35-17)32-10-30-18-21(26)28-8-29-22(18)32/h1-6,8,10,17,19-20,23,27,33-34H,7,9,24-25H2,(H2,26,28,29). The normalized spacial score (nSPS) is 22.6. The fourth-order valence-corrected chi connectivity index (χ4v) is 4.80. The van der Waals surface area contributed by atoms with Crippen LogP contribution in [0.4, 0.5) is 17.2 Å². The van der Waals surface area contributed by atoms with E-state index in [4.69, 9.17) is 21.9 Å². The summed E-state index contributed by atoms with van der Waals surface area (Å²) < 4.78 is 9.66. The molecule has 1 fully saturated rings. The zero-order chi connectivity index (χ0) is 24.3. The van der Waals surface area contributed by atoms with Gasteiger partial charge in [-0.2, -0.15) is 0 Å². The molecule has 2 aromatic carbocycles. The van der Waals surface area contributed by atoms with Crippen LogP contribution in [-0.2, 0) is 11.4 Å². The Kier molecular flexibility index (Phi) is 4.96. The summed E-state index contributed by atoms with van der Waals surface area (Å²) in [4.78, 5) is 12.3. The van der Waals surface area contributed by atoms with Crippen LogP contribution in [0.25, 0.3) is 33.0 Å². The molecule has 12 nitrogen and oxygen atoms in total. The number of hydrogen-bond acceptors (Lipinski definition) is 10. The molecule has 5 aromatic rings. The van der Waals surface area contributed by atoms with Crippen molar-refractivity contribution < 1.29 is 14.9 Å². The maximum Gasteiger partial charge on any atom is 0.167 e. The Morgan fingerprint density at radius 2 is 1.60 bits per heavy atom. The molecule has 4 heterocycles. The van der Waals surface area contributed by atoms with Gasteiger partial charge in [-0.1, -0.05) is 12.1 Å². The molecule has 0 saturated carbocycles. The molecule has 1 aliphatic rings. The Morgan fingerprint density at radius 1 is 0.914 bits per heavy atom. The van der Waals surface area contributed by atoms with Crippen LogP contribution in [0.2, 0.25) is 0 Å². The number of aliphatic hydroxyl groups excluding tert-OH is 2. The largest absolute Gasteiger partial charge is 0.399 e. The maximum absolute atomic E-state index is 10.7. The summed E-state index contributed by atoms with van der Waals surface area (Å²) in [6, 6.07) is 11.6. The first-order chi connectivity index (χ1) is 16.9. The molecule has 0 amide bonds. The maximum atomic E-state index is 10.7. The molecule has 6 rings (SSSR count). The monoisotopic (exact) mass is 475 g/mol. The van der Waals surface area contributed by atoms with E-state index in [2.05, 4.69) is 24.8 Å². The number of nitrogen functional groups attached to an aromatic ring is 3. The SMILES string of the molecule is Nc1ccc2c3ccc(N)cc3n(CNCC3OC(n4cnc5c(N)ncnc54)C(O)C3O)c2c1. The van der Waals surface area contributed by atoms with Gasteiger partial charge in [0.15, 0.2) is 17.7 Å². The molecule has 0 aliphatic carbocycles. The van der Waals surface area contributed by atoms with Gasteiger partial charge in [0, 0.05) is 28.7 Å². The number of hydrogen-bond donors (Lipinski definition) is 6. The van der Waals surface area contributed by atoms with Gasteiger partial charge in [-0.05, 0) is 24.3 Å². The molecule has 180 valence electrons. The van der Waals surface area contributed by atoms with E-state index >= 15 is 0 Å². The first-order valence-corrected chi connectivity index (χ1v) is 11.1. The topological polar surface area (TPSA) is 188 Å². The van der Waals surface area contributed by atoms with Gasteiger partial charge in [0.05, 0.1) is 24.0 Å². The first kappa shape index (κ1) is 21.6. The summed E-state index contributed by atoms with van der Waals surface area (Å²) in [6.45, 7) is 0.697. The first-order valence-electron chi connectivity index (χ1n) is 11.1. The minimum absolute atomic E-state index is 0.229. The van der Waals surface area contributed by atoms with Gasteiger partial charge < -0.3 is 36.7 Å². The van der Waals surface area contributed by atoms with E-state index in [0.717, 1.165) is 21.8 Å². The lowest BCUT2D eigenvalue weighted by atomic mass is 10.1. The molecule has 1 saturated heterocycles. The number of anilines is 3. The number of nitrogens with one attached hydrogen (secondary N) is 1. The van der Waals surface area contributed by atoms with Gasteiger partial charge in [-0.3, -0.25) is 9.88 Å². The van der Waals surface area contributed by atoms with Gasteiger partial charge >= 0.3 is 0 Å². The van der Waals surface area contributed by atoms with Gasteiger partial charge in [0.1, 0.15) is 30.2 Å². The third kappa shape index (κ3) is 3.42.